The number of hydrogen-bond acceptors (Lipinski definition) is 4. The summed E-state index contributed by atoms with van der Waals surface area (Å²) in [7, 11) is 1.28. The van der Waals surface area contributed by atoms with Crippen molar-refractivity contribution in [2.24, 2.45) is 0 Å². The predicted molar refractivity (Wildman–Crippen MR) is 70.3 cm³/mol. The van der Waals surface area contributed by atoms with E-state index >= 15 is 0 Å². The van der Waals surface area contributed by atoms with Crippen molar-refractivity contribution in [3.05, 3.63) is 0 Å². The molecule has 3 amide bonds. The second-order valence-corrected chi connectivity index (χ2v) is 4.60. The third kappa shape index (κ3) is 4.69. The van der Waals surface area contributed by atoms with Crippen LogP contribution in [0.3, 0.4) is 0 Å². The van der Waals surface area contributed by atoms with E-state index < -0.39 is 12.1 Å². The number of carbonyl (C=O) groups excluding carboxylic acids is 2. The molecule has 0 aromatic heterocycles. The zero-order valence-corrected chi connectivity index (χ0v) is 11.8. The van der Waals surface area contributed by atoms with Gasteiger partial charge in [0, 0.05) is 40.2 Å². The van der Waals surface area contributed by atoms with E-state index in [9.17, 15) is 14.4 Å². The fourth-order valence-electron chi connectivity index (χ4n) is 2.00. The maximum Gasteiger partial charge on any atom is 0.334 e. The second-order valence-electron chi connectivity index (χ2n) is 4.60. The number of ether oxygens (including phenoxy) is 1. The van der Waals surface area contributed by atoms with Crippen LogP contribution in [-0.4, -0.2) is 78.8 Å². The van der Waals surface area contributed by atoms with Crippen molar-refractivity contribution >= 4 is 17.9 Å². The van der Waals surface area contributed by atoms with Gasteiger partial charge in [-0.2, -0.15) is 0 Å². The zero-order chi connectivity index (χ0) is 15.1. The number of nitrogens with zero attached hydrogens (tertiary/aromatic N) is 2. The molecule has 20 heavy (non-hydrogen) atoms. The van der Waals surface area contributed by atoms with Gasteiger partial charge in [-0.1, -0.05) is 0 Å². The first-order valence-corrected chi connectivity index (χ1v) is 6.49. The van der Waals surface area contributed by atoms with E-state index in [0.29, 0.717) is 32.6 Å². The average Bonchev–Trinajstić information content (AvgIpc) is 2.64. The second kappa shape index (κ2) is 7.68. The van der Waals surface area contributed by atoms with E-state index in [1.54, 1.807) is 9.80 Å². The third-order valence-electron chi connectivity index (χ3n) is 3.23. The predicted octanol–water partition coefficient (Wildman–Crippen LogP) is -0.650. The molecule has 1 fully saturated rings. The molecule has 0 aliphatic carbocycles. The van der Waals surface area contributed by atoms with Crippen molar-refractivity contribution in [2.75, 3.05) is 39.8 Å². The van der Waals surface area contributed by atoms with Gasteiger partial charge in [-0.3, -0.25) is 4.79 Å². The highest BCUT2D eigenvalue weighted by Gasteiger charge is 2.22. The number of rotatable bonds is 4. The summed E-state index contributed by atoms with van der Waals surface area (Å²) in [4.78, 5) is 37.3. The Labute approximate surface area is 117 Å². The number of urea groups is 1. The lowest BCUT2D eigenvalue weighted by atomic mass is 10.3. The first kappa shape index (κ1) is 16.2. The maximum atomic E-state index is 11.9. The summed E-state index contributed by atoms with van der Waals surface area (Å²) in [5, 5.41) is 11.3. The Hall–Kier alpha value is -1.83. The number of aliphatic carboxylic acids is 1. The van der Waals surface area contributed by atoms with Crippen molar-refractivity contribution in [3.8, 4) is 0 Å². The molecule has 0 saturated carbocycles. The number of hydrogen-bond donors (Lipinski definition) is 2. The Morgan fingerprint density at radius 2 is 1.80 bits per heavy atom. The fourth-order valence-corrected chi connectivity index (χ4v) is 2.00. The highest BCUT2D eigenvalue weighted by molar-refractivity contribution is 5.77. The molecule has 0 aromatic rings. The van der Waals surface area contributed by atoms with E-state index in [2.05, 4.69) is 5.32 Å². The smallest absolute Gasteiger partial charge is 0.334 e. The molecule has 1 aliphatic heterocycles. The highest BCUT2D eigenvalue weighted by Crippen LogP contribution is 2.03. The van der Waals surface area contributed by atoms with Crippen LogP contribution in [0.1, 0.15) is 13.3 Å². The van der Waals surface area contributed by atoms with Gasteiger partial charge in [0.25, 0.3) is 0 Å². The molecule has 8 nitrogen and oxygen atoms in total. The summed E-state index contributed by atoms with van der Waals surface area (Å²) in [6.07, 6.45) is -0.348. The maximum absolute atomic E-state index is 11.9. The molecule has 2 N–H and O–H groups in total. The molecule has 0 bridgehead atoms. The average molecular weight is 287 g/mol. The fraction of sp³-hybridized carbons (Fsp3) is 0.750. The number of methoxy groups -OCH3 is 1. The molecule has 1 atom stereocenters. The summed E-state index contributed by atoms with van der Waals surface area (Å²) in [5.74, 6) is -1.12. The lowest BCUT2D eigenvalue weighted by Gasteiger charge is -2.22. The molecule has 0 aromatic carbocycles. The summed E-state index contributed by atoms with van der Waals surface area (Å²) >= 11 is 0. The Morgan fingerprint density at radius 3 is 2.35 bits per heavy atom. The molecule has 1 unspecified atom stereocenters. The molecular formula is C12H21N3O5. The van der Waals surface area contributed by atoms with Crippen LogP contribution < -0.4 is 5.32 Å². The van der Waals surface area contributed by atoms with Crippen LogP contribution in [0.25, 0.3) is 0 Å². The van der Waals surface area contributed by atoms with Crippen LogP contribution in [0, 0.1) is 0 Å². The largest absolute Gasteiger partial charge is 0.479 e. The first-order valence-electron chi connectivity index (χ1n) is 6.49. The number of nitrogens with one attached hydrogen (secondary N) is 1. The van der Waals surface area contributed by atoms with Gasteiger partial charge in [-0.15, -0.1) is 0 Å². The molecule has 1 rings (SSSR count). The van der Waals surface area contributed by atoms with E-state index in [4.69, 9.17) is 9.84 Å². The molecule has 1 aliphatic rings. The van der Waals surface area contributed by atoms with Crippen molar-refractivity contribution in [3.63, 3.8) is 0 Å². The van der Waals surface area contributed by atoms with Crippen molar-refractivity contribution < 1.29 is 24.2 Å². The lowest BCUT2D eigenvalue weighted by molar-refractivity contribution is -0.148. The summed E-state index contributed by atoms with van der Waals surface area (Å²) in [5.41, 5.74) is 0. The van der Waals surface area contributed by atoms with Crippen molar-refractivity contribution in [2.45, 2.75) is 19.4 Å². The standard InChI is InChI=1S/C12H21N3O5/c1-9(16)14-4-3-5-15(7-6-14)12(19)13-8-10(20-2)11(17)18/h10H,3-8H2,1-2H3,(H,13,19)(H,17,18). The Kier molecular flexibility index (Phi) is 6.23. The molecule has 0 spiro atoms. The van der Waals surface area contributed by atoms with Gasteiger partial charge in [0.15, 0.2) is 6.10 Å². The highest BCUT2D eigenvalue weighted by atomic mass is 16.5. The number of carboxylic acid groups (broad SMARTS) is 1. The van der Waals surface area contributed by atoms with Crippen LogP contribution >= 0.6 is 0 Å². The van der Waals surface area contributed by atoms with E-state index in [0.717, 1.165) is 0 Å². The van der Waals surface area contributed by atoms with Crippen molar-refractivity contribution in [1.29, 1.82) is 0 Å². The van der Waals surface area contributed by atoms with Crippen LogP contribution in [0.15, 0.2) is 0 Å². The van der Waals surface area contributed by atoms with Crippen LogP contribution in [0.4, 0.5) is 4.79 Å². The van der Waals surface area contributed by atoms with Gasteiger partial charge in [-0.05, 0) is 6.42 Å². The minimum atomic E-state index is -1.12. The van der Waals surface area contributed by atoms with E-state index in [1.807, 2.05) is 0 Å². The lowest BCUT2D eigenvalue weighted by Crippen LogP contribution is -2.46. The topological polar surface area (TPSA) is 99.2 Å². The summed E-state index contributed by atoms with van der Waals surface area (Å²) in [6, 6.07) is -0.335. The molecule has 1 saturated heterocycles. The van der Waals surface area contributed by atoms with Crippen LogP contribution in [0.5, 0.6) is 0 Å². The van der Waals surface area contributed by atoms with Gasteiger partial charge in [0.1, 0.15) is 0 Å². The molecule has 8 heteroatoms. The molecular weight excluding hydrogens is 266 g/mol. The Balaban J connectivity index is 2.43. The third-order valence-corrected chi connectivity index (χ3v) is 3.23. The van der Waals surface area contributed by atoms with Gasteiger partial charge in [-0.25, -0.2) is 9.59 Å². The number of carboxylic acids is 1. The van der Waals surface area contributed by atoms with Gasteiger partial charge >= 0.3 is 12.0 Å². The van der Waals surface area contributed by atoms with Crippen LogP contribution in [-0.2, 0) is 14.3 Å². The van der Waals surface area contributed by atoms with Gasteiger partial charge < -0.3 is 25.0 Å². The minimum absolute atomic E-state index is 0.00224. The Morgan fingerprint density at radius 1 is 1.20 bits per heavy atom. The quantitative estimate of drug-likeness (QED) is 0.716. The normalized spacial score (nSPS) is 17.3. The molecule has 114 valence electrons. The molecule has 1 heterocycles. The molecule has 0 radical (unpaired) electrons. The van der Waals surface area contributed by atoms with Gasteiger partial charge in [0.2, 0.25) is 5.91 Å². The zero-order valence-electron chi connectivity index (χ0n) is 11.8. The number of carbonyl (C=O) groups is 3. The first-order chi connectivity index (χ1) is 9.45. The van der Waals surface area contributed by atoms with E-state index in [-0.39, 0.29) is 18.5 Å². The monoisotopic (exact) mass is 287 g/mol. The van der Waals surface area contributed by atoms with E-state index in [1.165, 1.54) is 14.0 Å². The van der Waals surface area contributed by atoms with Crippen molar-refractivity contribution in [1.82, 2.24) is 15.1 Å². The number of amides is 3. The van der Waals surface area contributed by atoms with Crippen LogP contribution in [0.2, 0.25) is 0 Å². The van der Waals surface area contributed by atoms with Gasteiger partial charge in [0.05, 0.1) is 6.54 Å². The Bertz CT molecular complexity index is 374. The minimum Gasteiger partial charge on any atom is -0.479 e. The summed E-state index contributed by atoms with van der Waals surface area (Å²) < 4.78 is 4.74. The SMILES string of the molecule is COC(CNC(=O)N1CCCN(C(C)=O)CC1)C(=O)O. The summed E-state index contributed by atoms with van der Waals surface area (Å²) in [6.45, 7) is 3.53.